The van der Waals surface area contributed by atoms with E-state index in [4.69, 9.17) is 19.3 Å². The first-order chi connectivity index (χ1) is 9.02. The fraction of sp³-hybridized carbons (Fsp3) is 0.818. The Balaban J connectivity index is 4.00. The monoisotopic (exact) mass is 311 g/mol. The molecule has 0 aliphatic rings. The summed E-state index contributed by atoms with van der Waals surface area (Å²) in [6.45, 7) is 6.20. The zero-order valence-electron chi connectivity index (χ0n) is 12.0. The van der Waals surface area contributed by atoms with Gasteiger partial charge in [0.15, 0.2) is 8.38 Å². The van der Waals surface area contributed by atoms with Crippen LogP contribution >= 0.6 is 8.38 Å². The molecule has 0 heterocycles. The lowest BCUT2D eigenvalue weighted by molar-refractivity contribution is -0.174. The van der Waals surface area contributed by atoms with E-state index in [0.717, 1.165) is 0 Å². The van der Waals surface area contributed by atoms with E-state index in [9.17, 15) is 14.7 Å². The number of aliphatic hydroxyl groups is 1. The van der Waals surface area contributed by atoms with Gasteiger partial charge >= 0.3 is 12.1 Å². The maximum absolute atomic E-state index is 11.5. The summed E-state index contributed by atoms with van der Waals surface area (Å²) in [7, 11) is -2.22. The van der Waals surface area contributed by atoms with Gasteiger partial charge in [0.25, 0.3) is 0 Å². The van der Waals surface area contributed by atoms with Gasteiger partial charge in [-0.25, -0.2) is 4.79 Å². The number of hydrogen-bond acceptors (Lipinski definition) is 7. The van der Waals surface area contributed by atoms with Gasteiger partial charge in [-0.15, -0.1) is 0 Å². The molecule has 1 amide bonds. The minimum Gasteiger partial charge on any atom is -0.425 e. The Labute approximate surface area is 119 Å². The molecule has 0 saturated carbocycles. The van der Waals surface area contributed by atoms with Crippen molar-refractivity contribution in [3.63, 3.8) is 0 Å². The SMILES string of the molecule is CC(OC(=O)NC[C@@H](O)CP(O)O)OC(=O)C(C)(C)C. The second kappa shape index (κ2) is 8.36. The van der Waals surface area contributed by atoms with Crippen LogP contribution in [0.4, 0.5) is 4.79 Å². The second-order valence-corrected chi connectivity index (χ2v) is 6.33. The molecular formula is C11H22NO7P. The Kier molecular flexibility index (Phi) is 7.96. The molecule has 1 unspecified atom stereocenters. The number of esters is 1. The number of aliphatic hydroxyl groups excluding tert-OH is 1. The van der Waals surface area contributed by atoms with E-state index >= 15 is 0 Å². The molecule has 118 valence electrons. The standard InChI is InChI=1S/C11H22NO7P/c1-7(18-9(14)11(2,3)4)19-10(15)12-5-8(13)6-20(16)17/h7-8,13,16-17H,5-6H2,1-4H3,(H,12,15)/t7?,8-/m1/s1. The summed E-state index contributed by atoms with van der Waals surface area (Å²) in [5, 5.41) is 11.5. The number of hydrogen-bond donors (Lipinski definition) is 4. The predicted molar refractivity (Wildman–Crippen MR) is 71.7 cm³/mol. The average Bonchev–Trinajstić information content (AvgIpc) is 2.23. The smallest absolute Gasteiger partial charge is 0.410 e. The number of carbonyl (C=O) groups is 2. The molecule has 0 bridgehead atoms. The molecule has 0 aliphatic heterocycles. The molecule has 0 spiro atoms. The highest BCUT2D eigenvalue weighted by molar-refractivity contribution is 7.45. The van der Waals surface area contributed by atoms with Crippen LogP contribution in [0, 0.1) is 5.41 Å². The number of alkyl carbamates (subject to hydrolysis) is 1. The Hall–Kier alpha value is -0.950. The van der Waals surface area contributed by atoms with Gasteiger partial charge in [0.05, 0.1) is 11.5 Å². The summed E-state index contributed by atoms with van der Waals surface area (Å²) >= 11 is 0. The van der Waals surface area contributed by atoms with Crippen LogP contribution in [0.5, 0.6) is 0 Å². The second-order valence-electron chi connectivity index (χ2n) is 5.22. The van der Waals surface area contributed by atoms with E-state index in [1.165, 1.54) is 6.92 Å². The van der Waals surface area contributed by atoms with Crippen LogP contribution in [0.25, 0.3) is 0 Å². The minimum atomic E-state index is -2.22. The molecule has 20 heavy (non-hydrogen) atoms. The summed E-state index contributed by atoms with van der Waals surface area (Å²) in [5.74, 6) is -0.510. The molecule has 0 aromatic rings. The van der Waals surface area contributed by atoms with Gasteiger partial charge in [-0.05, 0) is 20.8 Å². The molecule has 8 nitrogen and oxygen atoms in total. The Bertz CT molecular complexity index is 329. The van der Waals surface area contributed by atoms with Gasteiger partial charge in [0.1, 0.15) is 0 Å². The number of carbonyl (C=O) groups excluding carboxylic acids is 2. The lowest BCUT2D eigenvalue weighted by Gasteiger charge is -2.21. The van der Waals surface area contributed by atoms with Crippen LogP contribution < -0.4 is 5.32 Å². The minimum absolute atomic E-state index is 0.196. The zero-order chi connectivity index (χ0) is 15.9. The molecule has 0 aromatic carbocycles. The molecule has 0 aliphatic carbocycles. The van der Waals surface area contributed by atoms with Crippen molar-refractivity contribution in [1.29, 1.82) is 0 Å². The van der Waals surface area contributed by atoms with Crippen LogP contribution in [0.1, 0.15) is 27.7 Å². The summed E-state index contributed by atoms with van der Waals surface area (Å²) in [5.41, 5.74) is -0.705. The largest absolute Gasteiger partial charge is 0.425 e. The quantitative estimate of drug-likeness (QED) is 0.316. The van der Waals surface area contributed by atoms with Crippen molar-refractivity contribution in [2.24, 2.45) is 5.41 Å². The molecule has 2 atom stereocenters. The van der Waals surface area contributed by atoms with Gasteiger partial charge < -0.3 is 29.7 Å². The maximum Gasteiger partial charge on any atom is 0.410 e. The average molecular weight is 311 g/mol. The highest BCUT2D eigenvalue weighted by Gasteiger charge is 2.26. The van der Waals surface area contributed by atoms with E-state index in [1.807, 2.05) is 0 Å². The molecule has 0 aromatic heterocycles. The molecule has 0 saturated heterocycles. The van der Waals surface area contributed by atoms with Gasteiger partial charge in [-0.3, -0.25) is 4.79 Å². The number of amides is 1. The third-order valence-corrected chi connectivity index (χ3v) is 2.76. The first-order valence-electron chi connectivity index (χ1n) is 6.01. The Morgan fingerprint density at radius 1 is 1.25 bits per heavy atom. The van der Waals surface area contributed by atoms with Crippen molar-refractivity contribution in [2.75, 3.05) is 12.7 Å². The van der Waals surface area contributed by atoms with Crippen molar-refractivity contribution in [3.05, 3.63) is 0 Å². The van der Waals surface area contributed by atoms with Crippen molar-refractivity contribution in [2.45, 2.75) is 40.1 Å². The normalized spacial score (nSPS) is 14.6. The first kappa shape index (κ1) is 19.1. The van der Waals surface area contributed by atoms with Crippen molar-refractivity contribution in [3.8, 4) is 0 Å². The summed E-state index contributed by atoms with van der Waals surface area (Å²) in [6, 6.07) is 0. The fourth-order valence-corrected chi connectivity index (χ4v) is 1.50. The van der Waals surface area contributed by atoms with Crippen LogP contribution in [0.3, 0.4) is 0 Å². The van der Waals surface area contributed by atoms with Crippen LogP contribution in [0.2, 0.25) is 0 Å². The first-order valence-corrected chi connectivity index (χ1v) is 7.44. The third-order valence-electron chi connectivity index (χ3n) is 2.01. The highest BCUT2D eigenvalue weighted by atomic mass is 31.2. The molecule has 0 rings (SSSR count). The number of nitrogens with one attached hydrogen (secondary N) is 1. The molecule has 9 heteroatoms. The van der Waals surface area contributed by atoms with Gasteiger partial charge in [0, 0.05) is 19.6 Å². The van der Waals surface area contributed by atoms with Crippen molar-refractivity contribution in [1.82, 2.24) is 5.32 Å². The summed E-state index contributed by atoms with van der Waals surface area (Å²) in [4.78, 5) is 40.2. The summed E-state index contributed by atoms with van der Waals surface area (Å²) in [6.07, 6.45) is -3.26. The Morgan fingerprint density at radius 3 is 2.25 bits per heavy atom. The van der Waals surface area contributed by atoms with E-state index in [1.54, 1.807) is 20.8 Å². The topological polar surface area (TPSA) is 125 Å². The van der Waals surface area contributed by atoms with Gasteiger partial charge in [0.2, 0.25) is 6.29 Å². The highest BCUT2D eigenvalue weighted by Crippen LogP contribution is 2.23. The predicted octanol–water partition coefficient (Wildman–Crippen LogP) is 0.305. The van der Waals surface area contributed by atoms with Crippen molar-refractivity contribution < 1.29 is 34.0 Å². The molecule has 0 fully saturated rings. The summed E-state index contributed by atoms with van der Waals surface area (Å²) < 4.78 is 9.64. The van der Waals surface area contributed by atoms with Crippen molar-refractivity contribution >= 4 is 20.4 Å². The Morgan fingerprint density at radius 2 is 1.80 bits per heavy atom. The lowest BCUT2D eigenvalue weighted by atomic mass is 9.97. The van der Waals surface area contributed by atoms with Gasteiger partial charge in [-0.2, -0.15) is 0 Å². The van der Waals surface area contributed by atoms with Gasteiger partial charge in [-0.1, -0.05) is 0 Å². The molecule has 0 radical (unpaired) electrons. The number of rotatable bonds is 6. The van der Waals surface area contributed by atoms with Crippen LogP contribution in [-0.4, -0.2) is 52.1 Å². The fourth-order valence-electron chi connectivity index (χ4n) is 0.998. The van der Waals surface area contributed by atoms with E-state index in [0.29, 0.717) is 0 Å². The van der Waals surface area contributed by atoms with E-state index in [-0.39, 0.29) is 12.7 Å². The molecular weight excluding hydrogens is 289 g/mol. The maximum atomic E-state index is 11.5. The molecule has 4 N–H and O–H groups in total. The lowest BCUT2D eigenvalue weighted by Crippen LogP contribution is -2.37. The number of ether oxygens (including phenoxy) is 2. The van der Waals surface area contributed by atoms with Crippen LogP contribution in [-0.2, 0) is 14.3 Å². The van der Waals surface area contributed by atoms with E-state index in [2.05, 4.69) is 5.32 Å². The van der Waals surface area contributed by atoms with Crippen LogP contribution in [0.15, 0.2) is 0 Å². The van der Waals surface area contributed by atoms with E-state index < -0.39 is 38.2 Å². The zero-order valence-corrected chi connectivity index (χ0v) is 12.9. The third kappa shape index (κ3) is 9.03.